The van der Waals surface area contributed by atoms with E-state index in [9.17, 15) is 4.79 Å². The number of rotatable bonds is 7. The van der Waals surface area contributed by atoms with Crippen LogP contribution in [0.5, 0.6) is 0 Å². The fourth-order valence-electron chi connectivity index (χ4n) is 2.91. The molecule has 0 spiro atoms. The van der Waals surface area contributed by atoms with Gasteiger partial charge >= 0.3 is 6.03 Å². The zero-order valence-corrected chi connectivity index (χ0v) is 17.9. The van der Waals surface area contributed by atoms with Gasteiger partial charge in [0.25, 0.3) is 0 Å². The quantitative estimate of drug-likeness (QED) is 0.426. The first-order chi connectivity index (χ1) is 15.1. The van der Waals surface area contributed by atoms with Crippen LogP contribution in [0.25, 0.3) is 17.1 Å². The maximum absolute atomic E-state index is 12.3. The molecule has 0 unspecified atom stereocenters. The highest BCUT2D eigenvalue weighted by Gasteiger charge is 2.10. The Kier molecular flexibility index (Phi) is 6.27. The van der Waals surface area contributed by atoms with Gasteiger partial charge in [0.2, 0.25) is 11.0 Å². The van der Waals surface area contributed by atoms with Gasteiger partial charge in [-0.05, 0) is 53.9 Å². The molecule has 2 N–H and O–H groups in total. The zero-order chi connectivity index (χ0) is 21.6. The number of anilines is 1. The number of hydrogen-bond acceptors (Lipinski definition) is 7. The van der Waals surface area contributed by atoms with Crippen molar-refractivity contribution in [2.24, 2.45) is 0 Å². The van der Waals surface area contributed by atoms with E-state index in [-0.39, 0.29) is 6.03 Å². The molecule has 0 saturated heterocycles. The minimum Gasteiger partial charge on any atom is -0.444 e. The number of carbonyl (C=O) groups excluding carboxylic acids is 1. The van der Waals surface area contributed by atoms with Crippen LogP contribution in [0.4, 0.5) is 10.5 Å². The van der Waals surface area contributed by atoms with E-state index in [1.165, 1.54) is 17.3 Å². The van der Waals surface area contributed by atoms with Gasteiger partial charge in [-0.25, -0.2) is 9.78 Å². The lowest BCUT2D eigenvalue weighted by Crippen LogP contribution is -2.30. The lowest BCUT2D eigenvalue weighted by atomic mass is 10.1. The zero-order valence-electron chi connectivity index (χ0n) is 17.1. The van der Waals surface area contributed by atoms with Gasteiger partial charge in [0.1, 0.15) is 6.26 Å². The Morgan fingerprint density at radius 3 is 2.84 bits per heavy atom. The van der Waals surface area contributed by atoms with Gasteiger partial charge in [-0.2, -0.15) is 4.68 Å². The number of tetrazole rings is 1. The van der Waals surface area contributed by atoms with Gasteiger partial charge in [0.15, 0.2) is 0 Å². The minimum absolute atomic E-state index is 0.304. The van der Waals surface area contributed by atoms with Crippen LogP contribution in [-0.2, 0) is 6.42 Å². The Hall–Kier alpha value is -3.66. The van der Waals surface area contributed by atoms with Crippen LogP contribution in [0.15, 0.2) is 64.4 Å². The molecule has 9 nitrogen and oxygen atoms in total. The van der Waals surface area contributed by atoms with E-state index in [4.69, 9.17) is 4.42 Å². The molecule has 0 saturated carbocycles. The molecule has 0 aliphatic rings. The van der Waals surface area contributed by atoms with Crippen molar-refractivity contribution < 1.29 is 9.21 Å². The highest BCUT2D eigenvalue weighted by Crippen LogP contribution is 2.20. The van der Waals surface area contributed by atoms with Crippen molar-refractivity contribution in [1.29, 1.82) is 0 Å². The summed E-state index contributed by atoms with van der Waals surface area (Å²) in [6.07, 6.45) is 4.08. The molecule has 0 fully saturated rings. The summed E-state index contributed by atoms with van der Waals surface area (Å²) in [6, 6.07) is 15.0. The normalized spacial score (nSPS) is 10.8. The van der Waals surface area contributed by atoms with Crippen LogP contribution in [0.3, 0.4) is 0 Å². The third kappa shape index (κ3) is 5.10. The second-order valence-corrected chi connectivity index (χ2v) is 7.54. The molecular formula is C21H21N7O2S. The van der Waals surface area contributed by atoms with Crippen molar-refractivity contribution in [2.75, 3.05) is 18.1 Å². The van der Waals surface area contributed by atoms with Gasteiger partial charge in [0.05, 0.1) is 11.4 Å². The van der Waals surface area contributed by atoms with Crippen LogP contribution in [-0.4, -0.2) is 44.0 Å². The Morgan fingerprint density at radius 2 is 2.03 bits per heavy atom. The summed E-state index contributed by atoms with van der Waals surface area (Å²) in [7, 11) is 0. The molecule has 0 aliphatic heterocycles. The predicted molar refractivity (Wildman–Crippen MR) is 118 cm³/mol. The fraction of sp³-hybridized carbons (Fsp3) is 0.190. The molecule has 0 bridgehead atoms. The monoisotopic (exact) mass is 435 g/mol. The minimum atomic E-state index is -0.304. The number of hydrogen-bond donors (Lipinski definition) is 2. The molecule has 31 heavy (non-hydrogen) atoms. The molecule has 2 amide bonds. The third-order valence-electron chi connectivity index (χ3n) is 4.49. The molecule has 0 atom stereocenters. The first-order valence-corrected chi connectivity index (χ1v) is 10.8. The van der Waals surface area contributed by atoms with Crippen molar-refractivity contribution in [2.45, 2.75) is 18.5 Å². The summed E-state index contributed by atoms with van der Waals surface area (Å²) in [6.45, 7) is 2.46. The van der Waals surface area contributed by atoms with Crippen LogP contribution in [0.2, 0.25) is 0 Å². The van der Waals surface area contributed by atoms with E-state index in [2.05, 4.69) is 31.1 Å². The summed E-state index contributed by atoms with van der Waals surface area (Å²) in [5.74, 6) is 0.573. The lowest BCUT2D eigenvalue weighted by molar-refractivity contribution is 0.252. The maximum atomic E-state index is 12.3. The fourth-order valence-corrected chi connectivity index (χ4v) is 3.35. The van der Waals surface area contributed by atoms with E-state index in [1.807, 2.05) is 49.6 Å². The molecule has 4 rings (SSSR count). The van der Waals surface area contributed by atoms with E-state index < -0.39 is 0 Å². The number of nitrogens with one attached hydrogen (secondary N) is 2. The van der Waals surface area contributed by atoms with Crippen molar-refractivity contribution >= 4 is 23.5 Å². The number of thioether (sulfide) groups is 1. The SMILES string of the molecule is CSc1nnnn1-c1cccc(NC(=O)NCCc2coc(-c3ccc(C)cc3)n2)c1. The maximum Gasteiger partial charge on any atom is 0.319 e. The molecule has 158 valence electrons. The topological polar surface area (TPSA) is 111 Å². The Morgan fingerprint density at radius 1 is 1.19 bits per heavy atom. The molecular weight excluding hydrogens is 414 g/mol. The van der Waals surface area contributed by atoms with Crippen molar-refractivity contribution in [3.05, 3.63) is 66.1 Å². The summed E-state index contributed by atoms with van der Waals surface area (Å²) in [5, 5.41) is 17.9. The highest BCUT2D eigenvalue weighted by molar-refractivity contribution is 7.98. The molecule has 2 aromatic carbocycles. The van der Waals surface area contributed by atoms with Crippen molar-refractivity contribution in [1.82, 2.24) is 30.5 Å². The highest BCUT2D eigenvalue weighted by atomic mass is 32.2. The van der Waals surface area contributed by atoms with Gasteiger partial charge < -0.3 is 15.1 Å². The number of aromatic nitrogens is 5. The van der Waals surface area contributed by atoms with Crippen LogP contribution < -0.4 is 10.6 Å². The second-order valence-electron chi connectivity index (χ2n) is 6.77. The Bertz CT molecular complexity index is 1170. The largest absolute Gasteiger partial charge is 0.444 e. The van der Waals surface area contributed by atoms with Crippen LogP contribution in [0.1, 0.15) is 11.3 Å². The molecule has 0 radical (unpaired) electrons. The van der Waals surface area contributed by atoms with Crippen LogP contribution >= 0.6 is 11.8 Å². The smallest absolute Gasteiger partial charge is 0.319 e. The number of carbonyl (C=O) groups is 1. The number of urea groups is 1. The first-order valence-electron chi connectivity index (χ1n) is 9.61. The van der Waals surface area contributed by atoms with Crippen molar-refractivity contribution in [3.63, 3.8) is 0 Å². The third-order valence-corrected chi connectivity index (χ3v) is 5.11. The van der Waals surface area contributed by atoms with E-state index in [0.717, 1.165) is 16.9 Å². The van der Waals surface area contributed by atoms with E-state index >= 15 is 0 Å². The first kappa shape index (κ1) is 20.6. The van der Waals surface area contributed by atoms with Gasteiger partial charge in [-0.15, -0.1) is 5.10 Å². The average Bonchev–Trinajstić information content (AvgIpc) is 3.44. The van der Waals surface area contributed by atoms with Gasteiger partial charge in [0, 0.05) is 24.2 Å². The summed E-state index contributed by atoms with van der Waals surface area (Å²) in [4.78, 5) is 16.8. The summed E-state index contributed by atoms with van der Waals surface area (Å²) in [5.41, 5.74) is 4.29. The number of oxazole rings is 1. The second kappa shape index (κ2) is 9.43. The number of aryl methyl sites for hydroxylation is 1. The van der Waals surface area contributed by atoms with E-state index in [0.29, 0.717) is 29.7 Å². The molecule has 2 aromatic heterocycles. The Balaban J connectivity index is 1.30. The van der Waals surface area contributed by atoms with Gasteiger partial charge in [-0.3, -0.25) is 0 Å². The average molecular weight is 436 g/mol. The molecule has 4 aromatic rings. The molecule has 0 aliphatic carbocycles. The Labute approximate surface area is 183 Å². The molecule has 2 heterocycles. The lowest BCUT2D eigenvalue weighted by Gasteiger charge is -2.09. The van der Waals surface area contributed by atoms with E-state index in [1.54, 1.807) is 23.1 Å². The summed E-state index contributed by atoms with van der Waals surface area (Å²) >= 11 is 1.44. The number of benzene rings is 2. The standard InChI is InChI=1S/C21H21N7O2S/c1-14-6-8-15(9-7-14)19-23-17(13-30-19)10-11-22-20(29)24-16-4-3-5-18(12-16)28-21(31-2)25-26-27-28/h3-9,12-13H,10-11H2,1-2H3,(H2,22,24,29). The molecule has 10 heteroatoms. The summed E-state index contributed by atoms with van der Waals surface area (Å²) < 4.78 is 7.17. The van der Waals surface area contributed by atoms with Gasteiger partial charge in [-0.1, -0.05) is 35.5 Å². The number of amides is 2. The van der Waals surface area contributed by atoms with Crippen LogP contribution in [0, 0.1) is 6.92 Å². The van der Waals surface area contributed by atoms with Crippen molar-refractivity contribution in [3.8, 4) is 17.1 Å². The predicted octanol–water partition coefficient (Wildman–Crippen LogP) is 3.71. The number of nitrogens with zero attached hydrogens (tertiary/aromatic N) is 5.